The van der Waals surface area contributed by atoms with Gasteiger partial charge in [0.1, 0.15) is 12.4 Å². The molecule has 0 aliphatic carbocycles. The molecule has 6 atom stereocenters. The molecular weight excluding hydrogens is 560 g/mol. The normalized spacial score (nSPS) is 28.7. The molecule has 4 heterocycles. The van der Waals surface area contributed by atoms with Crippen molar-refractivity contribution in [2.24, 2.45) is 0 Å². The summed E-state index contributed by atoms with van der Waals surface area (Å²) in [5.41, 5.74) is 0.738. The summed E-state index contributed by atoms with van der Waals surface area (Å²) in [5.74, 6) is -0.332. The molecule has 4 bridgehead atoms. The monoisotopic (exact) mass is 604 g/mol. The number of fused-ring (bicyclic) bond motifs is 4. The molecule has 3 aliphatic heterocycles. The van der Waals surface area contributed by atoms with Gasteiger partial charge in [-0.25, -0.2) is 14.6 Å². The third-order valence-electron chi connectivity index (χ3n) is 7.84. The zero-order valence-corrected chi connectivity index (χ0v) is 25.1. The van der Waals surface area contributed by atoms with Crippen molar-refractivity contribution >= 4 is 24.1 Å². The van der Waals surface area contributed by atoms with Crippen molar-refractivity contribution in [3.8, 4) is 0 Å². The van der Waals surface area contributed by atoms with Crippen molar-refractivity contribution < 1.29 is 47.2 Å². The number of nitrogens with zero attached hydrogens (tertiary/aromatic N) is 1. The van der Waals surface area contributed by atoms with Crippen LogP contribution in [0.2, 0.25) is 0 Å². The van der Waals surface area contributed by atoms with Gasteiger partial charge in [0.25, 0.3) is 0 Å². The first kappa shape index (κ1) is 32.7. The molecule has 1 aromatic rings. The van der Waals surface area contributed by atoms with Crippen LogP contribution in [-0.4, -0.2) is 87.0 Å². The molecule has 0 saturated carbocycles. The summed E-state index contributed by atoms with van der Waals surface area (Å²) in [6.45, 7) is 0.612. The Morgan fingerprint density at radius 3 is 2.60 bits per heavy atom. The molecule has 1 N–H and O–H groups in total. The van der Waals surface area contributed by atoms with E-state index in [-0.39, 0.29) is 49.5 Å². The van der Waals surface area contributed by atoms with Crippen LogP contribution in [0.3, 0.4) is 0 Å². The van der Waals surface area contributed by atoms with E-state index in [0.717, 1.165) is 31.4 Å². The van der Waals surface area contributed by atoms with E-state index in [9.17, 15) is 14.4 Å². The Bertz CT molecular complexity index is 1100. The molecule has 3 aliphatic rings. The number of methoxy groups -OCH3 is 2. The van der Waals surface area contributed by atoms with Crippen LogP contribution in [0.5, 0.6) is 0 Å². The fourth-order valence-corrected chi connectivity index (χ4v) is 5.74. The number of allylic oxidation sites excluding steroid dienone is 1. The largest absolute Gasteiger partial charge is 0.465 e. The minimum atomic E-state index is -0.516. The average molecular weight is 605 g/mol. The van der Waals surface area contributed by atoms with E-state index in [0.29, 0.717) is 51.0 Å². The molecule has 3 fully saturated rings. The van der Waals surface area contributed by atoms with Gasteiger partial charge in [-0.3, -0.25) is 4.79 Å². The summed E-state index contributed by atoms with van der Waals surface area (Å²) in [7, 11) is 3.00. The van der Waals surface area contributed by atoms with E-state index in [1.165, 1.54) is 13.2 Å². The van der Waals surface area contributed by atoms with Crippen LogP contribution < -0.4 is 5.32 Å². The number of carbonyl (C=O) groups excluding carboxylic acids is 3. The van der Waals surface area contributed by atoms with Crippen LogP contribution in [0.4, 0.5) is 4.79 Å². The first-order valence-corrected chi connectivity index (χ1v) is 15.2. The summed E-state index contributed by atoms with van der Waals surface area (Å²) in [6, 6.07) is 0. The van der Waals surface area contributed by atoms with Gasteiger partial charge in [0.15, 0.2) is 0 Å². The van der Waals surface area contributed by atoms with Gasteiger partial charge >= 0.3 is 18.0 Å². The lowest BCUT2D eigenvalue weighted by Gasteiger charge is -2.37. The van der Waals surface area contributed by atoms with E-state index in [2.05, 4.69) is 15.0 Å². The summed E-state index contributed by atoms with van der Waals surface area (Å²) in [4.78, 5) is 40.6. The van der Waals surface area contributed by atoms with Crippen LogP contribution in [0.15, 0.2) is 28.9 Å². The maximum Gasteiger partial charge on any atom is 0.407 e. The van der Waals surface area contributed by atoms with Crippen molar-refractivity contribution in [2.45, 2.75) is 107 Å². The van der Waals surface area contributed by atoms with E-state index in [4.69, 9.17) is 28.1 Å². The minimum Gasteiger partial charge on any atom is -0.465 e. The number of ether oxygens (including phenoxy) is 6. The second-order valence-corrected chi connectivity index (χ2v) is 11.2. The van der Waals surface area contributed by atoms with Crippen molar-refractivity contribution in [1.82, 2.24) is 10.3 Å². The fourth-order valence-electron chi connectivity index (χ4n) is 5.74. The molecule has 0 aromatic carbocycles. The number of hydrogen-bond donors (Lipinski definition) is 1. The van der Waals surface area contributed by atoms with E-state index >= 15 is 0 Å². The lowest BCUT2D eigenvalue weighted by Crippen LogP contribution is -2.42. The van der Waals surface area contributed by atoms with Gasteiger partial charge in [-0.1, -0.05) is 12.2 Å². The molecule has 1 amide bonds. The third-order valence-corrected chi connectivity index (χ3v) is 7.84. The van der Waals surface area contributed by atoms with E-state index in [1.54, 1.807) is 31.6 Å². The van der Waals surface area contributed by atoms with Gasteiger partial charge in [-0.15, -0.1) is 0 Å². The zero-order valence-electron chi connectivity index (χ0n) is 25.1. The number of nitrogens with one attached hydrogen (secondary N) is 1. The molecule has 3 saturated heterocycles. The average Bonchev–Trinajstić information content (AvgIpc) is 3.44. The predicted molar refractivity (Wildman–Crippen MR) is 154 cm³/mol. The van der Waals surface area contributed by atoms with Crippen molar-refractivity contribution in [2.75, 3.05) is 27.4 Å². The maximum atomic E-state index is 12.7. The molecule has 12 nitrogen and oxygen atoms in total. The number of cyclic esters (lactones) is 1. The molecule has 12 heteroatoms. The highest BCUT2D eigenvalue weighted by molar-refractivity contribution is 5.82. The molecule has 1 aromatic heterocycles. The molecule has 0 radical (unpaired) electrons. The topological polar surface area (TPSA) is 145 Å². The number of rotatable bonds is 9. The molecule has 0 spiro atoms. The zero-order chi connectivity index (χ0) is 30.4. The summed E-state index contributed by atoms with van der Waals surface area (Å²) >= 11 is 0. The minimum absolute atomic E-state index is 0.0531. The fraction of sp³-hybridized carbons (Fsp3) is 0.677. The number of oxazole rings is 1. The second kappa shape index (κ2) is 17.2. The van der Waals surface area contributed by atoms with Crippen LogP contribution in [0.25, 0.3) is 6.08 Å². The highest BCUT2D eigenvalue weighted by Gasteiger charge is 2.36. The molecule has 2 unspecified atom stereocenters. The number of alkyl carbamates (subject to hydrolysis) is 1. The highest BCUT2D eigenvalue weighted by atomic mass is 16.6. The van der Waals surface area contributed by atoms with Crippen LogP contribution in [-0.2, 0) is 44.4 Å². The van der Waals surface area contributed by atoms with Gasteiger partial charge in [-0.05, 0) is 51.0 Å². The highest BCUT2D eigenvalue weighted by Crippen LogP contribution is 2.31. The van der Waals surface area contributed by atoms with Gasteiger partial charge < -0.3 is 38.2 Å². The van der Waals surface area contributed by atoms with Gasteiger partial charge in [-0.2, -0.15) is 0 Å². The van der Waals surface area contributed by atoms with Crippen molar-refractivity contribution in [3.63, 3.8) is 0 Å². The van der Waals surface area contributed by atoms with Gasteiger partial charge in [0, 0.05) is 39.0 Å². The SMILES string of the molecule is COC(=O)NCC=Cc1nc(CCC=CC(=O)O[C@@H]2CC3C[C@H](OC)CC4CCC[C@@H](CCOC(=O)C[C@H](C2)O3)O4)co1. The number of hydrogen-bond acceptors (Lipinski definition) is 11. The lowest BCUT2D eigenvalue weighted by molar-refractivity contribution is -0.167. The number of aryl methyl sites for hydroxylation is 1. The molecule has 238 valence electrons. The lowest BCUT2D eigenvalue weighted by atomic mass is 9.92. The van der Waals surface area contributed by atoms with Crippen molar-refractivity contribution in [1.29, 1.82) is 0 Å². The van der Waals surface area contributed by atoms with Crippen LogP contribution >= 0.6 is 0 Å². The second-order valence-electron chi connectivity index (χ2n) is 11.2. The smallest absolute Gasteiger partial charge is 0.407 e. The third kappa shape index (κ3) is 11.4. The number of aromatic nitrogens is 1. The standard InChI is InChI=1S/C31H44N2O10/c1-37-24-15-23-9-5-8-22(41-23)12-14-39-30(35)19-27-18-26(17-25(16-24)42-27)43-29(34)11-4-3-7-21-20-40-28(33-21)10-6-13-32-31(36)38-2/h4,6,10-11,20,22-27H,3,5,7-9,12-19H2,1-2H3,(H,32,36)/t22-,23?,24+,25?,26+,27-/m0/s1. The van der Waals surface area contributed by atoms with Gasteiger partial charge in [0.2, 0.25) is 5.89 Å². The summed E-state index contributed by atoms with van der Waals surface area (Å²) < 4.78 is 39.5. The number of esters is 2. The molecule has 4 rings (SSSR count). The van der Waals surface area contributed by atoms with Crippen LogP contribution in [0.1, 0.15) is 75.8 Å². The number of carbonyl (C=O) groups is 3. The van der Waals surface area contributed by atoms with E-state index < -0.39 is 18.2 Å². The Morgan fingerprint density at radius 1 is 1.00 bits per heavy atom. The van der Waals surface area contributed by atoms with Crippen LogP contribution in [0, 0.1) is 0 Å². The first-order valence-electron chi connectivity index (χ1n) is 15.2. The Hall–Kier alpha value is -3.22. The molecule has 43 heavy (non-hydrogen) atoms. The van der Waals surface area contributed by atoms with E-state index in [1.807, 2.05) is 0 Å². The molecular formula is C31H44N2O10. The van der Waals surface area contributed by atoms with Crippen molar-refractivity contribution in [3.05, 3.63) is 36.1 Å². The first-order chi connectivity index (χ1) is 20.9. The summed E-state index contributed by atoms with van der Waals surface area (Å²) in [5, 5.41) is 2.53. The quantitative estimate of drug-likeness (QED) is 0.247. The maximum absolute atomic E-state index is 12.7. The predicted octanol–water partition coefficient (Wildman–Crippen LogP) is 4.06. The Labute approximate surface area is 252 Å². The summed E-state index contributed by atoms with van der Waals surface area (Å²) in [6.07, 6.45) is 14.1. The Kier molecular flexibility index (Phi) is 13.1. The Morgan fingerprint density at radius 2 is 1.77 bits per heavy atom. The number of amides is 1. The van der Waals surface area contributed by atoms with Gasteiger partial charge in [0.05, 0.1) is 56.4 Å². The Balaban J connectivity index is 1.26.